The lowest BCUT2D eigenvalue weighted by Gasteiger charge is -2.33. The maximum Gasteiger partial charge on any atom is 0.227 e. The summed E-state index contributed by atoms with van der Waals surface area (Å²) < 4.78 is 5.94. The van der Waals surface area contributed by atoms with Gasteiger partial charge in [0, 0.05) is 37.4 Å². The number of nitrogens with zero attached hydrogens (tertiary/aromatic N) is 3. The molecule has 23 heavy (non-hydrogen) atoms. The third-order valence-electron chi connectivity index (χ3n) is 3.84. The number of pyridine rings is 2. The minimum atomic E-state index is -0.0403. The fourth-order valence-electron chi connectivity index (χ4n) is 2.69. The first-order chi connectivity index (χ1) is 11.2. The van der Waals surface area contributed by atoms with Gasteiger partial charge in [0.2, 0.25) is 5.91 Å². The summed E-state index contributed by atoms with van der Waals surface area (Å²) >= 11 is 6.07. The van der Waals surface area contributed by atoms with Crippen LogP contribution in [0.5, 0.6) is 5.75 Å². The second-order valence-electron chi connectivity index (χ2n) is 5.57. The van der Waals surface area contributed by atoms with E-state index in [0.29, 0.717) is 23.7 Å². The van der Waals surface area contributed by atoms with E-state index in [4.69, 9.17) is 16.3 Å². The smallest absolute Gasteiger partial charge is 0.227 e. The van der Waals surface area contributed by atoms with Crippen molar-refractivity contribution in [3.63, 3.8) is 0 Å². The number of aromatic nitrogens is 2. The van der Waals surface area contributed by atoms with Crippen LogP contribution in [0.15, 0.2) is 43.0 Å². The highest BCUT2D eigenvalue weighted by molar-refractivity contribution is 6.31. The zero-order valence-corrected chi connectivity index (χ0v) is 13.4. The molecule has 1 aliphatic heterocycles. The van der Waals surface area contributed by atoms with Gasteiger partial charge in [-0.25, -0.2) is 0 Å². The highest BCUT2D eigenvalue weighted by atomic mass is 35.5. The van der Waals surface area contributed by atoms with Crippen molar-refractivity contribution >= 4 is 17.5 Å². The first-order valence-corrected chi connectivity index (χ1v) is 8.03. The fourth-order valence-corrected chi connectivity index (χ4v) is 2.85. The minimum absolute atomic E-state index is 0.0403. The van der Waals surface area contributed by atoms with Crippen LogP contribution in [0.4, 0.5) is 0 Å². The minimum Gasteiger partial charge on any atom is -0.487 e. The van der Waals surface area contributed by atoms with Gasteiger partial charge in [-0.3, -0.25) is 14.8 Å². The van der Waals surface area contributed by atoms with Crippen LogP contribution >= 0.6 is 11.6 Å². The molecule has 1 saturated heterocycles. The van der Waals surface area contributed by atoms with Crippen molar-refractivity contribution in [1.82, 2.24) is 14.9 Å². The molecule has 1 atom stereocenters. The molecule has 0 N–H and O–H groups in total. The van der Waals surface area contributed by atoms with E-state index in [0.717, 1.165) is 24.9 Å². The number of amides is 1. The molecule has 3 rings (SSSR count). The van der Waals surface area contributed by atoms with Crippen LogP contribution < -0.4 is 4.74 Å². The number of likely N-dealkylation sites (tertiary alicyclic amines) is 1. The topological polar surface area (TPSA) is 55.3 Å². The predicted octanol–water partition coefficient (Wildman–Crippen LogP) is 2.74. The third-order valence-corrected chi connectivity index (χ3v) is 4.12. The Hall–Kier alpha value is -2.14. The molecule has 1 amide bonds. The van der Waals surface area contributed by atoms with Crippen molar-refractivity contribution < 1.29 is 9.53 Å². The van der Waals surface area contributed by atoms with E-state index in [1.165, 1.54) is 0 Å². The Morgan fingerprint density at radius 3 is 2.96 bits per heavy atom. The van der Waals surface area contributed by atoms with Crippen LogP contribution in [0.2, 0.25) is 5.02 Å². The molecule has 0 aliphatic carbocycles. The summed E-state index contributed by atoms with van der Waals surface area (Å²) in [6.45, 7) is 1.35. The Balaban J connectivity index is 1.59. The van der Waals surface area contributed by atoms with Crippen LogP contribution in [0.3, 0.4) is 0 Å². The first-order valence-electron chi connectivity index (χ1n) is 7.65. The first kappa shape index (κ1) is 15.7. The van der Waals surface area contributed by atoms with E-state index in [1.54, 1.807) is 30.9 Å². The molecule has 2 aromatic rings. The van der Waals surface area contributed by atoms with Gasteiger partial charge in [0.15, 0.2) is 0 Å². The van der Waals surface area contributed by atoms with Gasteiger partial charge in [-0.05, 0) is 24.5 Å². The largest absolute Gasteiger partial charge is 0.487 e. The number of hydrogen-bond acceptors (Lipinski definition) is 4. The highest BCUT2D eigenvalue weighted by Crippen LogP contribution is 2.25. The summed E-state index contributed by atoms with van der Waals surface area (Å²) in [6, 6.07) is 5.51. The second kappa shape index (κ2) is 7.42. The molecule has 120 valence electrons. The summed E-state index contributed by atoms with van der Waals surface area (Å²) in [7, 11) is 0. The SMILES string of the molecule is O=C(Cc1cccnc1)N1CCCC(Oc2ccncc2Cl)C1. The molecule has 6 heteroatoms. The maximum absolute atomic E-state index is 12.4. The molecule has 0 radical (unpaired) electrons. The van der Waals surface area contributed by atoms with Gasteiger partial charge < -0.3 is 9.64 Å². The summed E-state index contributed by atoms with van der Waals surface area (Å²) in [5.41, 5.74) is 0.928. The van der Waals surface area contributed by atoms with Gasteiger partial charge in [0.25, 0.3) is 0 Å². The number of hydrogen-bond donors (Lipinski definition) is 0. The summed E-state index contributed by atoms with van der Waals surface area (Å²) in [5.74, 6) is 0.723. The molecule has 2 aromatic heterocycles. The molecule has 0 aromatic carbocycles. The molecule has 3 heterocycles. The van der Waals surface area contributed by atoms with Crippen LogP contribution in [-0.4, -0.2) is 40.0 Å². The van der Waals surface area contributed by atoms with Gasteiger partial charge in [-0.15, -0.1) is 0 Å². The molecule has 0 bridgehead atoms. The lowest BCUT2D eigenvalue weighted by molar-refractivity contribution is -0.133. The van der Waals surface area contributed by atoms with Crippen LogP contribution in [-0.2, 0) is 11.2 Å². The Labute approximate surface area is 140 Å². The van der Waals surface area contributed by atoms with E-state index in [-0.39, 0.29) is 12.0 Å². The Morgan fingerprint density at radius 2 is 2.17 bits per heavy atom. The summed E-state index contributed by atoms with van der Waals surface area (Å²) in [5, 5.41) is 0.492. The van der Waals surface area contributed by atoms with E-state index < -0.39 is 0 Å². The standard InChI is InChI=1S/C17H18ClN3O2/c18-15-11-20-7-5-16(15)23-14-4-2-8-21(12-14)17(22)9-13-3-1-6-19-10-13/h1,3,5-7,10-11,14H,2,4,8-9,12H2. The quantitative estimate of drug-likeness (QED) is 0.864. The van der Waals surface area contributed by atoms with Crippen molar-refractivity contribution in [1.29, 1.82) is 0 Å². The Kier molecular flexibility index (Phi) is 5.08. The second-order valence-corrected chi connectivity index (χ2v) is 5.97. The van der Waals surface area contributed by atoms with Crippen LogP contribution in [0.25, 0.3) is 0 Å². The van der Waals surface area contributed by atoms with Gasteiger partial charge in [-0.1, -0.05) is 17.7 Å². The lowest BCUT2D eigenvalue weighted by atomic mass is 10.1. The lowest BCUT2D eigenvalue weighted by Crippen LogP contribution is -2.45. The molecule has 5 nitrogen and oxygen atoms in total. The van der Waals surface area contributed by atoms with Crippen LogP contribution in [0, 0.1) is 0 Å². The Morgan fingerprint density at radius 1 is 1.30 bits per heavy atom. The maximum atomic E-state index is 12.4. The van der Waals surface area contributed by atoms with Gasteiger partial charge in [0.1, 0.15) is 16.9 Å². The van der Waals surface area contributed by atoms with E-state index >= 15 is 0 Å². The number of halogens is 1. The fraction of sp³-hybridized carbons (Fsp3) is 0.353. The number of ether oxygens (including phenoxy) is 1. The van der Waals surface area contributed by atoms with Crippen LogP contribution in [0.1, 0.15) is 18.4 Å². The number of carbonyl (C=O) groups is 1. The van der Waals surface area contributed by atoms with E-state index in [2.05, 4.69) is 9.97 Å². The number of rotatable bonds is 4. The van der Waals surface area contributed by atoms with Crippen molar-refractivity contribution in [2.75, 3.05) is 13.1 Å². The van der Waals surface area contributed by atoms with Crippen molar-refractivity contribution in [2.24, 2.45) is 0 Å². The zero-order chi connectivity index (χ0) is 16.1. The monoisotopic (exact) mass is 331 g/mol. The predicted molar refractivity (Wildman–Crippen MR) is 87.4 cm³/mol. The molecular formula is C17H18ClN3O2. The van der Waals surface area contributed by atoms with E-state index in [9.17, 15) is 4.79 Å². The molecule has 1 fully saturated rings. The Bertz CT molecular complexity index is 666. The highest BCUT2D eigenvalue weighted by Gasteiger charge is 2.25. The van der Waals surface area contributed by atoms with E-state index in [1.807, 2.05) is 17.0 Å². The zero-order valence-electron chi connectivity index (χ0n) is 12.7. The molecule has 0 spiro atoms. The normalized spacial score (nSPS) is 17.8. The van der Waals surface area contributed by atoms with Crippen molar-refractivity contribution in [2.45, 2.75) is 25.4 Å². The number of piperidine rings is 1. The average Bonchev–Trinajstić information content (AvgIpc) is 2.58. The van der Waals surface area contributed by atoms with Crippen molar-refractivity contribution in [3.8, 4) is 5.75 Å². The molecule has 0 saturated carbocycles. The molecule has 1 unspecified atom stereocenters. The number of carbonyl (C=O) groups excluding carboxylic acids is 1. The van der Waals surface area contributed by atoms with Gasteiger partial charge >= 0.3 is 0 Å². The average molecular weight is 332 g/mol. The van der Waals surface area contributed by atoms with Crippen molar-refractivity contribution in [3.05, 3.63) is 53.6 Å². The summed E-state index contributed by atoms with van der Waals surface area (Å²) in [6.07, 6.45) is 8.81. The van der Waals surface area contributed by atoms with Gasteiger partial charge in [-0.2, -0.15) is 0 Å². The van der Waals surface area contributed by atoms with Gasteiger partial charge in [0.05, 0.1) is 13.0 Å². The molecular weight excluding hydrogens is 314 g/mol. The third kappa shape index (κ3) is 4.20. The summed E-state index contributed by atoms with van der Waals surface area (Å²) in [4.78, 5) is 22.3. The molecule has 1 aliphatic rings.